The van der Waals surface area contributed by atoms with Crippen molar-refractivity contribution in [2.45, 2.75) is 6.42 Å². The molecule has 4 aliphatic rings. The minimum atomic E-state index is -0.891. The van der Waals surface area contributed by atoms with Crippen LogP contribution in [0.1, 0.15) is 6.42 Å². The Hall–Kier alpha value is -2.01. The minimum absolute atomic E-state index is 0.00581. The predicted molar refractivity (Wildman–Crippen MR) is 89.0 cm³/mol. The lowest BCUT2D eigenvalue weighted by molar-refractivity contribution is -0.152. The first kappa shape index (κ1) is 15.5. The zero-order chi connectivity index (χ0) is 17.0. The number of rotatable bonds is 4. The Morgan fingerprint density at radius 1 is 1.21 bits per heavy atom. The molecule has 1 aromatic carbocycles. The molecule has 0 heterocycles. The quantitative estimate of drug-likeness (QED) is 0.821. The van der Waals surface area contributed by atoms with Crippen molar-refractivity contribution in [2.75, 3.05) is 12.4 Å². The van der Waals surface area contributed by atoms with Crippen LogP contribution in [0.5, 0.6) is 5.75 Å². The predicted octanol–water partition coefficient (Wildman–Crippen LogP) is 3.06. The number of carboxylic acid groups (broad SMARTS) is 1. The molecule has 1 amide bonds. The van der Waals surface area contributed by atoms with Gasteiger partial charge < -0.3 is 15.2 Å². The summed E-state index contributed by atoms with van der Waals surface area (Å²) < 4.78 is 5.25. The van der Waals surface area contributed by atoms with Crippen LogP contribution in [0.25, 0.3) is 0 Å². The maximum Gasteiger partial charge on any atom is 0.307 e. The average Bonchev–Trinajstić information content (AvgIpc) is 3.36. The van der Waals surface area contributed by atoms with Crippen molar-refractivity contribution < 1.29 is 19.4 Å². The van der Waals surface area contributed by atoms with Crippen molar-refractivity contribution in [1.82, 2.24) is 0 Å². The highest BCUT2D eigenvalue weighted by atomic mass is 35.5. The Balaban J connectivity index is 1.63. The molecule has 0 spiro atoms. The number of benzene rings is 1. The third kappa shape index (κ3) is 2.30. The molecule has 2 bridgehead atoms. The number of ether oxygens (including phenoxy) is 1. The second kappa shape index (κ2) is 5.52. The van der Waals surface area contributed by atoms with Gasteiger partial charge in [-0.1, -0.05) is 23.8 Å². The summed E-state index contributed by atoms with van der Waals surface area (Å²) in [6, 6.07) is 4.97. The summed E-state index contributed by atoms with van der Waals surface area (Å²) >= 11 is 6.00. The van der Waals surface area contributed by atoms with Gasteiger partial charge >= 0.3 is 5.97 Å². The van der Waals surface area contributed by atoms with Gasteiger partial charge in [0.1, 0.15) is 5.75 Å². The summed E-state index contributed by atoms with van der Waals surface area (Å²) in [5, 5.41) is 13.0. The molecule has 2 N–H and O–H groups in total. The van der Waals surface area contributed by atoms with Crippen LogP contribution in [0.4, 0.5) is 5.69 Å². The Morgan fingerprint density at radius 2 is 1.88 bits per heavy atom. The highest BCUT2D eigenvalue weighted by Crippen LogP contribution is 2.63. The average molecular weight is 348 g/mol. The van der Waals surface area contributed by atoms with Crippen molar-refractivity contribution in [1.29, 1.82) is 0 Å². The van der Waals surface area contributed by atoms with E-state index in [0.717, 1.165) is 6.42 Å². The number of carbonyl (C=O) groups excluding carboxylic acids is 1. The fourth-order valence-electron chi connectivity index (χ4n) is 4.56. The number of carbonyl (C=O) groups is 2. The summed E-state index contributed by atoms with van der Waals surface area (Å²) in [5.74, 6) is -1.01. The minimum Gasteiger partial charge on any atom is -0.495 e. The molecule has 2 fully saturated rings. The molecule has 5 rings (SSSR count). The normalized spacial score (nSPS) is 35.2. The molecule has 24 heavy (non-hydrogen) atoms. The van der Waals surface area contributed by atoms with E-state index in [4.69, 9.17) is 16.3 Å². The summed E-state index contributed by atoms with van der Waals surface area (Å²) in [7, 11) is 1.51. The van der Waals surface area contributed by atoms with Crippen LogP contribution in [0.3, 0.4) is 0 Å². The van der Waals surface area contributed by atoms with E-state index in [2.05, 4.69) is 5.32 Å². The van der Waals surface area contributed by atoms with Gasteiger partial charge in [0.05, 0.1) is 24.6 Å². The summed E-state index contributed by atoms with van der Waals surface area (Å²) in [6.07, 6.45) is 5.06. The maximum atomic E-state index is 12.9. The number of carboxylic acids is 1. The fraction of sp³-hybridized carbons (Fsp3) is 0.444. The van der Waals surface area contributed by atoms with Crippen molar-refractivity contribution >= 4 is 29.2 Å². The molecule has 0 aliphatic heterocycles. The van der Waals surface area contributed by atoms with Gasteiger partial charge in [0.2, 0.25) is 5.91 Å². The molecule has 2 saturated carbocycles. The van der Waals surface area contributed by atoms with E-state index < -0.39 is 17.8 Å². The number of allylic oxidation sites excluding steroid dienone is 2. The number of methoxy groups -OCH3 is 1. The Morgan fingerprint density at radius 3 is 2.50 bits per heavy atom. The monoisotopic (exact) mass is 347 g/mol. The maximum absolute atomic E-state index is 12.9. The Labute approximate surface area is 144 Å². The molecular formula is C18H18ClNO4. The van der Waals surface area contributed by atoms with Crippen LogP contribution in [0.2, 0.25) is 5.02 Å². The van der Waals surface area contributed by atoms with Crippen molar-refractivity contribution in [3.05, 3.63) is 35.4 Å². The topological polar surface area (TPSA) is 75.6 Å². The number of fused-ring (bicyclic) bond motifs is 1. The molecule has 5 nitrogen and oxygen atoms in total. The zero-order valence-electron chi connectivity index (χ0n) is 13.1. The van der Waals surface area contributed by atoms with Gasteiger partial charge in [-0.2, -0.15) is 0 Å². The van der Waals surface area contributed by atoms with Crippen LogP contribution in [0, 0.1) is 35.5 Å². The number of hydrogen-bond donors (Lipinski definition) is 2. The summed E-state index contributed by atoms with van der Waals surface area (Å²) in [6.45, 7) is 0. The largest absolute Gasteiger partial charge is 0.495 e. The van der Waals surface area contributed by atoms with Crippen molar-refractivity contribution in [3.63, 3.8) is 0 Å². The smallest absolute Gasteiger partial charge is 0.307 e. The van der Waals surface area contributed by atoms with Gasteiger partial charge in [0, 0.05) is 5.02 Å². The zero-order valence-corrected chi connectivity index (χ0v) is 13.9. The number of aliphatic carboxylic acids is 1. The van der Waals surface area contributed by atoms with Gasteiger partial charge in [-0.15, -0.1) is 0 Å². The van der Waals surface area contributed by atoms with Crippen LogP contribution in [0.15, 0.2) is 30.4 Å². The van der Waals surface area contributed by atoms with E-state index in [1.807, 2.05) is 12.2 Å². The summed E-state index contributed by atoms with van der Waals surface area (Å²) in [5.41, 5.74) is 0.469. The van der Waals surface area contributed by atoms with E-state index in [1.54, 1.807) is 18.2 Å². The van der Waals surface area contributed by atoms with Gasteiger partial charge in [-0.3, -0.25) is 9.59 Å². The second-order valence-electron chi connectivity index (χ2n) is 6.83. The molecule has 4 aliphatic carbocycles. The molecule has 0 radical (unpaired) electrons. The highest BCUT2D eigenvalue weighted by molar-refractivity contribution is 6.31. The standard InChI is InChI=1S/C18H18ClNO4/c1-24-14-5-2-8(19)6-13(14)20-17(21)15-9-3-4-10(12-7-11(9)12)16(15)18(22)23/h2-6,9-12,15-16H,7H2,1H3,(H,20,21)(H,22,23)/t9-,10-,11-,12-,15+,16-/m0/s1. The van der Waals surface area contributed by atoms with Crippen LogP contribution in [-0.4, -0.2) is 24.1 Å². The summed E-state index contributed by atoms with van der Waals surface area (Å²) in [4.78, 5) is 24.7. The van der Waals surface area contributed by atoms with E-state index in [9.17, 15) is 14.7 Å². The first-order valence-corrected chi connectivity index (χ1v) is 8.44. The fourth-order valence-corrected chi connectivity index (χ4v) is 4.74. The van der Waals surface area contributed by atoms with E-state index in [-0.39, 0.29) is 17.7 Å². The second-order valence-corrected chi connectivity index (χ2v) is 7.26. The molecule has 0 unspecified atom stereocenters. The highest BCUT2D eigenvalue weighted by Gasteiger charge is 2.63. The molecule has 0 saturated heterocycles. The SMILES string of the molecule is COc1ccc(Cl)cc1NC(=O)[C@@H]1[C@H]2C=C[C@@H]([C@@H]3C[C@@H]23)[C@@H]1C(=O)O. The molecule has 6 atom stereocenters. The Kier molecular flexibility index (Phi) is 3.57. The number of hydrogen-bond acceptors (Lipinski definition) is 3. The Bertz CT molecular complexity index is 747. The number of halogens is 1. The third-order valence-electron chi connectivity index (χ3n) is 5.66. The van der Waals surface area contributed by atoms with Crippen LogP contribution >= 0.6 is 11.6 Å². The van der Waals surface area contributed by atoms with E-state index >= 15 is 0 Å². The molecule has 0 aromatic heterocycles. The lowest BCUT2D eigenvalue weighted by Crippen LogP contribution is -2.48. The molecule has 6 heteroatoms. The molecule has 126 valence electrons. The van der Waals surface area contributed by atoms with Gasteiger partial charge in [0.25, 0.3) is 0 Å². The number of amides is 1. The van der Waals surface area contributed by atoms with E-state index in [1.165, 1.54) is 7.11 Å². The van der Waals surface area contributed by atoms with Crippen LogP contribution in [-0.2, 0) is 9.59 Å². The van der Waals surface area contributed by atoms with Gasteiger partial charge in [-0.05, 0) is 48.3 Å². The molecule has 1 aromatic rings. The van der Waals surface area contributed by atoms with Crippen molar-refractivity contribution in [3.8, 4) is 5.75 Å². The first-order chi connectivity index (χ1) is 11.5. The number of nitrogens with one attached hydrogen (secondary N) is 1. The van der Waals surface area contributed by atoms with Gasteiger partial charge in [-0.25, -0.2) is 0 Å². The number of anilines is 1. The van der Waals surface area contributed by atoms with E-state index in [0.29, 0.717) is 28.3 Å². The lowest BCUT2D eigenvalue weighted by atomic mass is 9.62. The lowest BCUT2D eigenvalue weighted by Gasteiger charge is -2.41. The van der Waals surface area contributed by atoms with Crippen molar-refractivity contribution in [2.24, 2.45) is 35.5 Å². The third-order valence-corrected chi connectivity index (χ3v) is 5.89. The van der Waals surface area contributed by atoms with Crippen LogP contribution < -0.4 is 10.1 Å². The first-order valence-electron chi connectivity index (χ1n) is 8.07. The molecular weight excluding hydrogens is 330 g/mol. The van der Waals surface area contributed by atoms with Gasteiger partial charge in [0.15, 0.2) is 0 Å².